The summed E-state index contributed by atoms with van der Waals surface area (Å²) in [6, 6.07) is 10.4. The zero-order chi connectivity index (χ0) is 24.1. The zero-order valence-corrected chi connectivity index (χ0v) is 19.5. The maximum atomic E-state index is 13.2. The van der Waals surface area contributed by atoms with Crippen LogP contribution in [0, 0.1) is 5.92 Å². The highest BCUT2D eigenvalue weighted by molar-refractivity contribution is 5.96. The van der Waals surface area contributed by atoms with Crippen molar-refractivity contribution in [1.82, 2.24) is 4.90 Å². The molecule has 1 amide bonds. The van der Waals surface area contributed by atoms with Gasteiger partial charge in [-0.15, -0.1) is 0 Å². The summed E-state index contributed by atoms with van der Waals surface area (Å²) in [5.41, 5.74) is 1.63. The molecule has 0 saturated heterocycles. The third-order valence-corrected chi connectivity index (χ3v) is 5.47. The lowest BCUT2D eigenvalue weighted by Gasteiger charge is -2.34. The van der Waals surface area contributed by atoms with Crippen LogP contribution in [-0.4, -0.2) is 43.6 Å². The van der Waals surface area contributed by atoms with Crippen molar-refractivity contribution < 1.29 is 33.0 Å². The molecule has 1 aliphatic heterocycles. The molecule has 1 aromatic heterocycles. The quantitative estimate of drug-likeness (QED) is 0.554. The number of methoxy groups -OCH3 is 2. The molecule has 0 radical (unpaired) electrons. The molecule has 8 nitrogen and oxygen atoms in total. The summed E-state index contributed by atoms with van der Waals surface area (Å²) in [6.07, 6.45) is 0.0639. The highest BCUT2D eigenvalue weighted by Crippen LogP contribution is 2.41. The van der Waals surface area contributed by atoms with E-state index in [2.05, 4.69) is 4.74 Å². The summed E-state index contributed by atoms with van der Waals surface area (Å²) in [7, 11) is 2.82. The number of esters is 2. The Morgan fingerprint density at radius 1 is 1.12 bits per heavy atom. The molecular formula is C25H29NO7. The number of amides is 1. The first-order valence-corrected chi connectivity index (χ1v) is 10.7. The fraction of sp³-hybridized carbons (Fsp3) is 0.400. The Kier molecular flexibility index (Phi) is 7.58. The highest BCUT2D eigenvalue weighted by atomic mass is 16.5. The Bertz CT molecular complexity index is 1070. The Balaban J connectivity index is 2.01. The van der Waals surface area contributed by atoms with Gasteiger partial charge in [-0.1, -0.05) is 32.0 Å². The largest absolute Gasteiger partial charge is 0.496 e. The van der Waals surface area contributed by atoms with E-state index in [0.29, 0.717) is 22.8 Å². The van der Waals surface area contributed by atoms with Crippen molar-refractivity contribution in [3.05, 3.63) is 64.8 Å². The van der Waals surface area contributed by atoms with Crippen LogP contribution in [0.4, 0.5) is 0 Å². The molecule has 3 rings (SSSR count). The predicted octanol–water partition coefficient (Wildman–Crippen LogP) is 4.06. The normalized spacial score (nSPS) is 16.2. The predicted molar refractivity (Wildman–Crippen MR) is 119 cm³/mol. The summed E-state index contributed by atoms with van der Waals surface area (Å²) in [4.78, 5) is 39.6. The molecule has 1 aromatic carbocycles. The number of benzene rings is 1. The maximum absolute atomic E-state index is 13.2. The van der Waals surface area contributed by atoms with Gasteiger partial charge >= 0.3 is 11.9 Å². The molecule has 0 fully saturated rings. The smallest absolute Gasteiger partial charge is 0.373 e. The molecule has 8 heteroatoms. The lowest BCUT2D eigenvalue weighted by molar-refractivity contribution is -0.141. The number of hydrogen-bond donors (Lipinski definition) is 0. The number of carbonyl (C=O) groups is 3. The van der Waals surface area contributed by atoms with E-state index < -0.39 is 17.9 Å². The molecular weight excluding hydrogens is 426 g/mol. The van der Waals surface area contributed by atoms with Crippen molar-refractivity contribution in [3.63, 3.8) is 0 Å². The van der Waals surface area contributed by atoms with Crippen molar-refractivity contribution in [1.29, 1.82) is 0 Å². The minimum absolute atomic E-state index is 0.0436. The van der Waals surface area contributed by atoms with Gasteiger partial charge in [-0.2, -0.15) is 0 Å². The van der Waals surface area contributed by atoms with E-state index in [4.69, 9.17) is 13.9 Å². The van der Waals surface area contributed by atoms with Gasteiger partial charge in [-0.25, -0.2) is 9.59 Å². The van der Waals surface area contributed by atoms with Gasteiger partial charge in [0, 0.05) is 23.6 Å². The van der Waals surface area contributed by atoms with Crippen LogP contribution < -0.4 is 4.74 Å². The van der Waals surface area contributed by atoms with Crippen LogP contribution in [-0.2, 0) is 25.6 Å². The number of carbonyl (C=O) groups excluding carboxylic acids is 3. The molecule has 2 heterocycles. The number of furan rings is 1. The van der Waals surface area contributed by atoms with Gasteiger partial charge in [0.15, 0.2) is 0 Å². The lowest BCUT2D eigenvalue weighted by Crippen LogP contribution is -2.38. The first-order valence-electron chi connectivity index (χ1n) is 10.7. The fourth-order valence-electron chi connectivity index (χ4n) is 3.84. The second kappa shape index (κ2) is 10.4. The van der Waals surface area contributed by atoms with Gasteiger partial charge in [0.1, 0.15) is 11.5 Å². The molecule has 0 spiro atoms. The SMILES string of the molecule is COC(=O)c1ccc(CN2C(=O)CC(c3ccccc3OC)C(C(=O)OCC(C)C)=C2C)o1. The first kappa shape index (κ1) is 24.1. The Hall–Kier alpha value is -3.55. The van der Waals surface area contributed by atoms with E-state index in [0.717, 1.165) is 5.56 Å². The molecule has 1 aliphatic rings. The Morgan fingerprint density at radius 2 is 1.85 bits per heavy atom. The van der Waals surface area contributed by atoms with Crippen molar-refractivity contribution in [2.75, 3.05) is 20.8 Å². The average Bonchev–Trinajstić information content (AvgIpc) is 3.28. The van der Waals surface area contributed by atoms with E-state index >= 15 is 0 Å². The molecule has 0 aliphatic carbocycles. The zero-order valence-electron chi connectivity index (χ0n) is 19.5. The second-order valence-corrected chi connectivity index (χ2v) is 8.23. The van der Waals surface area contributed by atoms with Crippen LogP contribution in [0.15, 0.2) is 52.1 Å². The third kappa shape index (κ3) is 5.27. The van der Waals surface area contributed by atoms with Crippen molar-refractivity contribution >= 4 is 17.8 Å². The molecule has 0 bridgehead atoms. The van der Waals surface area contributed by atoms with E-state index in [1.165, 1.54) is 18.1 Å². The number of hydrogen-bond acceptors (Lipinski definition) is 7. The van der Waals surface area contributed by atoms with E-state index in [9.17, 15) is 14.4 Å². The lowest BCUT2D eigenvalue weighted by atomic mass is 9.83. The van der Waals surface area contributed by atoms with Crippen LogP contribution in [0.1, 0.15) is 55.0 Å². The molecule has 0 N–H and O–H groups in total. The van der Waals surface area contributed by atoms with Gasteiger partial charge < -0.3 is 23.5 Å². The van der Waals surface area contributed by atoms with Crippen molar-refractivity contribution in [2.24, 2.45) is 5.92 Å². The fourth-order valence-corrected chi connectivity index (χ4v) is 3.84. The van der Waals surface area contributed by atoms with Gasteiger partial charge in [0.25, 0.3) is 0 Å². The van der Waals surface area contributed by atoms with Crippen LogP contribution in [0.25, 0.3) is 0 Å². The Labute approximate surface area is 193 Å². The summed E-state index contributed by atoms with van der Waals surface area (Å²) in [6.45, 7) is 5.97. The second-order valence-electron chi connectivity index (χ2n) is 8.23. The highest BCUT2D eigenvalue weighted by Gasteiger charge is 2.38. The van der Waals surface area contributed by atoms with Crippen molar-refractivity contribution in [3.8, 4) is 5.75 Å². The number of para-hydroxylation sites is 1. The van der Waals surface area contributed by atoms with Crippen LogP contribution in [0.2, 0.25) is 0 Å². The number of rotatable bonds is 8. The molecule has 1 unspecified atom stereocenters. The van der Waals surface area contributed by atoms with Gasteiger partial charge in [-0.3, -0.25) is 4.79 Å². The third-order valence-electron chi connectivity index (χ3n) is 5.47. The molecule has 0 saturated carbocycles. The minimum atomic E-state index is -0.604. The average molecular weight is 456 g/mol. The van der Waals surface area contributed by atoms with Gasteiger partial charge in [0.2, 0.25) is 11.7 Å². The molecule has 1 atom stereocenters. The van der Waals surface area contributed by atoms with E-state index in [1.807, 2.05) is 32.0 Å². The van der Waals surface area contributed by atoms with Gasteiger partial charge in [0.05, 0.1) is 32.9 Å². The summed E-state index contributed by atoms with van der Waals surface area (Å²) in [5, 5.41) is 0. The number of nitrogens with zero attached hydrogens (tertiary/aromatic N) is 1. The van der Waals surface area contributed by atoms with Crippen LogP contribution >= 0.6 is 0 Å². The van der Waals surface area contributed by atoms with Crippen LogP contribution in [0.5, 0.6) is 5.75 Å². The van der Waals surface area contributed by atoms with E-state index in [-0.39, 0.29) is 37.2 Å². The number of allylic oxidation sites excluding steroid dienone is 1. The Morgan fingerprint density at radius 3 is 2.52 bits per heavy atom. The summed E-state index contributed by atoms with van der Waals surface area (Å²) in [5.74, 6) is -0.556. The maximum Gasteiger partial charge on any atom is 0.373 e. The topological polar surface area (TPSA) is 95.3 Å². The van der Waals surface area contributed by atoms with Crippen LogP contribution in [0.3, 0.4) is 0 Å². The van der Waals surface area contributed by atoms with Crippen molar-refractivity contribution in [2.45, 2.75) is 39.7 Å². The molecule has 33 heavy (non-hydrogen) atoms. The number of ether oxygens (including phenoxy) is 3. The van der Waals surface area contributed by atoms with E-state index in [1.54, 1.807) is 26.2 Å². The molecule has 2 aromatic rings. The first-order chi connectivity index (χ1) is 15.8. The standard InChI is InChI=1S/C25H29NO7/c1-15(2)14-32-25(29)23-16(3)26(13-17-10-11-21(33-17)24(28)31-5)22(27)12-19(23)18-8-6-7-9-20(18)30-4/h6-11,15,19H,12-14H2,1-5H3. The van der Waals surface area contributed by atoms with Gasteiger partial charge in [-0.05, 0) is 31.0 Å². The summed E-state index contributed by atoms with van der Waals surface area (Å²) >= 11 is 0. The summed E-state index contributed by atoms with van der Waals surface area (Å²) < 4.78 is 21.3. The monoisotopic (exact) mass is 455 g/mol. The molecule has 176 valence electrons. The minimum Gasteiger partial charge on any atom is -0.496 e.